The smallest absolute Gasteiger partial charge is 0.227 e. The minimum atomic E-state index is 0.146. The first kappa shape index (κ1) is 14.4. The van der Waals surface area contributed by atoms with Crippen LogP contribution in [0.3, 0.4) is 0 Å². The van der Waals surface area contributed by atoms with Crippen LogP contribution in [-0.4, -0.2) is 19.6 Å². The summed E-state index contributed by atoms with van der Waals surface area (Å²) in [6, 6.07) is 13.6. The Kier molecular flexibility index (Phi) is 4.00. The third kappa shape index (κ3) is 2.77. The number of ether oxygens (including phenoxy) is 1. The van der Waals surface area contributed by atoms with Gasteiger partial charge in [0.1, 0.15) is 5.75 Å². The number of hydrogen-bond acceptors (Lipinski definition) is 3. The van der Waals surface area contributed by atoms with Gasteiger partial charge < -0.3 is 15.4 Å². The molecule has 1 heterocycles. The van der Waals surface area contributed by atoms with Crippen LogP contribution in [0.5, 0.6) is 5.75 Å². The first-order valence-corrected chi connectivity index (χ1v) is 7.49. The number of hydrogen-bond donors (Lipinski definition) is 1. The van der Waals surface area contributed by atoms with Crippen molar-refractivity contribution in [3.8, 4) is 5.75 Å². The number of nitrogen functional groups attached to an aromatic ring is 1. The van der Waals surface area contributed by atoms with Crippen molar-refractivity contribution >= 4 is 17.3 Å². The van der Waals surface area contributed by atoms with E-state index >= 15 is 0 Å². The van der Waals surface area contributed by atoms with Gasteiger partial charge >= 0.3 is 0 Å². The molecule has 4 heteroatoms. The maximum absolute atomic E-state index is 12.5. The molecule has 0 atom stereocenters. The van der Waals surface area contributed by atoms with Gasteiger partial charge in [-0.05, 0) is 48.2 Å². The van der Waals surface area contributed by atoms with Crippen LogP contribution in [0.15, 0.2) is 42.5 Å². The van der Waals surface area contributed by atoms with E-state index in [0.717, 1.165) is 35.7 Å². The van der Waals surface area contributed by atoms with Gasteiger partial charge in [-0.2, -0.15) is 0 Å². The lowest BCUT2D eigenvalue weighted by Crippen LogP contribution is -2.29. The quantitative estimate of drug-likeness (QED) is 0.883. The number of benzene rings is 2. The Morgan fingerprint density at radius 2 is 2.09 bits per heavy atom. The number of rotatable bonds is 4. The standard InChI is InChI=1S/C18H20N2O2/c1-22-15-7-8-17-14(12-15)10-11-20(17)18(21)9-6-13-4-2-3-5-16(13)19/h2-5,7-8,12H,6,9-11,19H2,1H3. The first-order valence-electron chi connectivity index (χ1n) is 7.49. The Morgan fingerprint density at radius 3 is 2.86 bits per heavy atom. The largest absolute Gasteiger partial charge is 0.497 e. The molecular formula is C18H20N2O2. The average molecular weight is 296 g/mol. The molecule has 4 nitrogen and oxygen atoms in total. The lowest BCUT2D eigenvalue weighted by Gasteiger charge is -2.18. The molecule has 2 N–H and O–H groups in total. The maximum atomic E-state index is 12.5. The van der Waals surface area contributed by atoms with E-state index in [1.165, 1.54) is 5.56 Å². The molecule has 1 amide bonds. The highest BCUT2D eigenvalue weighted by atomic mass is 16.5. The molecule has 1 aliphatic heterocycles. The van der Waals surface area contributed by atoms with E-state index in [0.29, 0.717) is 12.8 Å². The summed E-state index contributed by atoms with van der Waals surface area (Å²) in [5, 5.41) is 0. The van der Waals surface area contributed by atoms with Crippen molar-refractivity contribution in [2.45, 2.75) is 19.3 Å². The summed E-state index contributed by atoms with van der Waals surface area (Å²) in [6.07, 6.45) is 2.03. The summed E-state index contributed by atoms with van der Waals surface area (Å²) >= 11 is 0. The third-order valence-electron chi connectivity index (χ3n) is 4.15. The highest BCUT2D eigenvalue weighted by Crippen LogP contribution is 2.31. The molecule has 22 heavy (non-hydrogen) atoms. The van der Waals surface area contributed by atoms with Crippen LogP contribution in [-0.2, 0) is 17.6 Å². The number of nitrogens with zero attached hydrogens (tertiary/aromatic N) is 1. The topological polar surface area (TPSA) is 55.6 Å². The Morgan fingerprint density at radius 1 is 1.27 bits per heavy atom. The van der Waals surface area contributed by atoms with E-state index in [2.05, 4.69) is 0 Å². The number of carbonyl (C=O) groups excluding carboxylic acids is 1. The van der Waals surface area contributed by atoms with Crippen LogP contribution in [0.25, 0.3) is 0 Å². The third-order valence-corrected chi connectivity index (χ3v) is 4.15. The number of nitrogens with two attached hydrogens (primary N) is 1. The zero-order valence-corrected chi connectivity index (χ0v) is 12.7. The molecule has 3 rings (SSSR count). The molecule has 114 valence electrons. The first-order chi connectivity index (χ1) is 10.7. The number of anilines is 2. The predicted octanol–water partition coefficient (Wildman–Crippen LogP) is 2.80. The molecule has 0 aromatic heterocycles. The molecule has 2 aromatic rings. The lowest BCUT2D eigenvalue weighted by atomic mass is 10.1. The van der Waals surface area contributed by atoms with Gasteiger partial charge in [0.25, 0.3) is 0 Å². The highest BCUT2D eigenvalue weighted by molar-refractivity contribution is 5.95. The number of aryl methyl sites for hydroxylation is 1. The second-order valence-corrected chi connectivity index (χ2v) is 5.49. The second kappa shape index (κ2) is 6.10. The normalized spacial score (nSPS) is 13.0. The Labute approximate surface area is 130 Å². The fourth-order valence-corrected chi connectivity index (χ4v) is 2.90. The van der Waals surface area contributed by atoms with E-state index in [4.69, 9.17) is 10.5 Å². The summed E-state index contributed by atoms with van der Waals surface area (Å²) in [5.74, 6) is 0.984. The SMILES string of the molecule is COc1ccc2c(c1)CCN2C(=O)CCc1ccccc1N. The molecule has 0 unspecified atom stereocenters. The summed E-state index contributed by atoms with van der Waals surface area (Å²) < 4.78 is 5.24. The molecule has 0 fully saturated rings. The molecule has 0 spiro atoms. The monoisotopic (exact) mass is 296 g/mol. The van der Waals surface area contributed by atoms with Crippen molar-refractivity contribution in [1.82, 2.24) is 0 Å². The fourth-order valence-electron chi connectivity index (χ4n) is 2.90. The van der Waals surface area contributed by atoms with Crippen LogP contribution >= 0.6 is 0 Å². The Hall–Kier alpha value is -2.49. The summed E-state index contributed by atoms with van der Waals surface area (Å²) in [6.45, 7) is 0.742. The van der Waals surface area contributed by atoms with E-state index < -0.39 is 0 Å². The number of amides is 1. The molecule has 0 radical (unpaired) electrons. The Bertz CT molecular complexity index is 697. The zero-order chi connectivity index (χ0) is 15.5. The van der Waals surface area contributed by atoms with Gasteiger partial charge in [-0.1, -0.05) is 18.2 Å². The zero-order valence-electron chi connectivity index (χ0n) is 12.7. The van der Waals surface area contributed by atoms with Crippen molar-refractivity contribution in [3.05, 3.63) is 53.6 Å². The van der Waals surface area contributed by atoms with Gasteiger partial charge in [0.15, 0.2) is 0 Å². The molecular weight excluding hydrogens is 276 g/mol. The van der Waals surface area contributed by atoms with Crippen molar-refractivity contribution in [1.29, 1.82) is 0 Å². The van der Waals surface area contributed by atoms with Crippen LogP contribution in [0, 0.1) is 0 Å². The van der Waals surface area contributed by atoms with Crippen molar-refractivity contribution in [2.24, 2.45) is 0 Å². The minimum Gasteiger partial charge on any atom is -0.497 e. The molecule has 2 aromatic carbocycles. The van der Waals surface area contributed by atoms with Gasteiger partial charge in [-0.25, -0.2) is 0 Å². The number of para-hydroxylation sites is 1. The summed E-state index contributed by atoms with van der Waals surface area (Å²) in [4.78, 5) is 14.4. The summed E-state index contributed by atoms with van der Waals surface area (Å²) in [5.41, 5.74) is 9.89. The van der Waals surface area contributed by atoms with Gasteiger partial charge in [0, 0.05) is 24.3 Å². The van der Waals surface area contributed by atoms with Crippen LogP contribution in [0.4, 0.5) is 11.4 Å². The van der Waals surface area contributed by atoms with E-state index in [9.17, 15) is 4.79 Å². The average Bonchev–Trinajstić information content (AvgIpc) is 2.96. The number of methoxy groups -OCH3 is 1. The van der Waals surface area contributed by atoms with Crippen molar-refractivity contribution in [3.63, 3.8) is 0 Å². The van der Waals surface area contributed by atoms with Gasteiger partial charge in [0.05, 0.1) is 7.11 Å². The van der Waals surface area contributed by atoms with E-state index in [1.807, 2.05) is 47.4 Å². The molecule has 0 saturated heterocycles. The fraction of sp³-hybridized carbons (Fsp3) is 0.278. The van der Waals surface area contributed by atoms with Gasteiger partial charge in [-0.3, -0.25) is 4.79 Å². The van der Waals surface area contributed by atoms with Crippen LogP contribution < -0.4 is 15.4 Å². The Balaban J connectivity index is 1.69. The van der Waals surface area contributed by atoms with Gasteiger partial charge in [-0.15, -0.1) is 0 Å². The molecule has 0 aliphatic carbocycles. The van der Waals surface area contributed by atoms with E-state index in [-0.39, 0.29) is 5.91 Å². The molecule has 1 aliphatic rings. The summed E-state index contributed by atoms with van der Waals surface area (Å²) in [7, 11) is 1.66. The predicted molar refractivity (Wildman–Crippen MR) is 88.2 cm³/mol. The highest BCUT2D eigenvalue weighted by Gasteiger charge is 2.24. The number of fused-ring (bicyclic) bond motifs is 1. The lowest BCUT2D eigenvalue weighted by molar-refractivity contribution is -0.118. The molecule has 0 saturated carbocycles. The van der Waals surface area contributed by atoms with Gasteiger partial charge in [0.2, 0.25) is 5.91 Å². The minimum absolute atomic E-state index is 0.146. The van der Waals surface area contributed by atoms with Crippen LogP contribution in [0.1, 0.15) is 17.5 Å². The van der Waals surface area contributed by atoms with Crippen LogP contribution in [0.2, 0.25) is 0 Å². The maximum Gasteiger partial charge on any atom is 0.227 e. The van der Waals surface area contributed by atoms with Crippen molar-refractivity contribution in [2.75, 3.05) is 24.3 Å². The second-order valence-electron chi connectivity index (χ2n) is 5.49. The van der Waals surface area contributed by atoms with E-state index in [1.54, 1.807) is 7.11 Å². The van der Waals surface area contributed by atoms with Crippen molar-refractivity contribution < 1.29 is 9.53 Å². The number of carbonyl (C=O) groups is 1. The molecule has 0 bridgehead atoms.